The topological polar surface area (TPSA) is 35.2 Å². The van der Waals surface area contributed by atoms with E-state index in [4.69, 9.17) is 10.5 Å². The van der Waals surface area contributed by atoms with Crippen molar-refractivity contribution < 1.29 is 4.74 Å². The fourth-order valence-corrected chi connectivity index (χ4v) is 1.70. The molecule has 0 bridgehead atoms. The van der Waals surface area contributed by atoms with Crippen molar-refractivity contribution in [2.24, 2.45) is 5.73 Å². The SMILES string of the molecule is CCC(C)OC(c1cccc(C)c1)C(C)N. The second kappa shape index (κ2) is 6.02. The van der Waals surface area contributed by atoms with Gasteiger partial charge in [0.05, 0.1) is 12.2 Å². The molecule has 0 heterocycles. The predicted molar refractivity (Wildman–Crippen MR) is 68.4 cm³/mol. The van der Waals surface area contributed by atoms with Crippen LogP contribution >= 0.6 is 0 Å². The summed E-state index contributed by atoms with van der Waals surface area (Å²) in [6.45, 7) is 8.30. The van der Waals surface area contributed by atoms with E-state index in [0.717, 1.165) is 6.42 Å². The number of benzene rings is 1. The average molecular weight is 221 g/mol. The first-order valence-corrected chi connectivity index (χ1v) is 6.02. The van der Waals surface area contributed by atoms with Crippen molar-refractivity contribution in [2.75, 3.05) is 0 Å². The molecule has 2 N–H and O–H groups in total. The third-order valence-electron chi connectivity index (χ3n) is 2.80. The Morgan fingerprint density at radius 3 is 2.50 bits per heavy atom. The lowest BCUT2D eigenvalue weighted by molar-refractivity contribution is -0.0161. The molecule has 0 aromatic heterocycles. The molecule has 90 valence electrons. The highest BCUT2D eigenvalue weighted by atomic mass is 16.5. The number of hydrogen-bond donors (Lipinski definition) is 1. The van der Waals surface area contributed by atoms with E-state index >= 15 is 0 Å². The standard InChI is InChI=1S/C14H23NO/c1-5-11(3)16-14(12(4)15)13-8-6-7-10(2)9-13/h6-9,11-12,14H,5,15H2,1-4H3. The molecule has 16 heavy (non-hydrogen) atoms. The maximum absolute atomic E-state index is 6.00. The monoisotopic (exact) mass is 221 g/mol. The molecule has 1 aromatic carbocycles. The van der Waals surface area contributed by atoms with E-state index in [2.05, 4.69) is 45.0 Å². The van der Waals surface area contributed by atoms with Crippen molar-refractivity contribution in [3.8, 4) is 0 Å². The Morgan fingerprint density at radius 2 is 2.00 bits per heavy atom. The van der Waals surface area contributed by atoms with Gasteiger partial charge < -0.3 is 10.5 Å². The van der Waals surface area contributed by atoms with E-state index in [1.807, 2.05) is 6.92 Å². The van der Waals surface area contributed by atoms with E-state index in [1.54, 1.807) is 0 Å². The average Bonchev–Trinajstić information content (AvgIpc) is 2.25. The zero-order valence-electron chi connectivity index (χ0n) is 10.7. The van der Waals surface area contributed by atoms with Gasteiger partial charge >= 0.3 is 0 Å². The molecular weight excluding hydrogens is 198 g/mol. The van der Waals surface area contributed by atoms with E-state index < -0.39 is 0 Å². The van der Waals surface area contributed by atoms with Crippen LogP contribution in [0.3, 0.4) is 0 Å². The second-order valence-electron chi connectivity index (χ2n) is 4.55. The number of ether oxygens (including phenoxy) is 1. The van der Waals surface area contributed by atoms with Crippen LogP contribution < -0.4 is 5.73 Å². The Balaban J connectivity index is 2.85. The smallest absolute Gasteiger partial charge is 0.0976 e. The molecule has 0 amide bonds. The van der Waals surface area contributed by atoms with Gasteiger partial charge in [0.15, 0.2) is 0 Å². The minimum Gasteiger partial charge on any atom is -0.369 e. The summed E-state index contributed by atoms with van der Waals surface area (Å²) in [6, 6.07) is 8.39. The number of aryl methyl sites for hydroxylation is 1. The summed E-state index contributed by atoms with van der Waals surface area (Å²) in [5, 5.41) is 0. The maximum atomic E-state index is 6.00. The highest BCUT2D eigenvalue weighted by Gasteiger charge is 2.19. The summed E-state index contributed by atoms with van der Waals surface area (Å²) in [4.78, 5) is 0. The van der Waals surface area contributed by atoms with E-state index in [9.17, 15) is 0 Å². The molecule has 0 saturated carbocycles. The summed E-state index contributed by atoms with van der Waals surface area (Å²) in [5.41, 5.74) is 8.42. The Bertz CT molecular complexity index is 322. The Labute approximate surface area is 98.8 Å². The largest absolute Gasteiger partial charge is 0.369 e. The molecule has 2 heteroatoms. The molecule has 0 saturated heterocycles. The molecule has 1 rings (SSSR count). The summed E-state index contributed by atoms with van der Waals surface area (Å²) in [6.07, 6.45) is 1.25. The van der Waals surface area contributed by atoms with Crippen LogP contribution in [0.2, 0.25) is 0 Å². The quantitative estimate of drug-likeness (QED) is 0.828. The number of hydrogen-bond acceptors (Lipinski definition) is 2. The normalized spacial score (nSPS) is 16.8. The Hall–Kier alpha value is -0.860. The third kappa shape index (κ3) is 3.62. The van der Waals surface area contributed by atoms with Gasteiger partial charge in [-0.05, 0) is 32.8 Å². The van der Waals surface area contributed by atoms with Crippen molar-refractivity contribution in [3.63, 3.8) is 0 Å². The third-order valence-corrected chi connectivity index (χ3v) is 2.80. The van der Waals surface area contributed by atoms with Crippen molar-refractivity contribution >= 4 is 0 Å². The highest BCUT2D eigenvalue weighted by molar-refractivity contribution is 5.25. The first-order valence-electron chi connectivity index (χ1n) is 6.02. The van der Waals surface area contributed by atoms with Crippen LogP contribution in [0.15, 0.2) is 24.3 Å². The van der Waals surface area contributed by atoms with Gasteiger partial charge in [0.25, 0.3) is 0 Å². The van der Waals surface area contributed by atoms with Crippen LogP contribution in [0.25, 0.3) is 0 Å². The predicted octanol–water partition coefficient (Wildman–Crippen LogP) is 3.20. The highest BCUT2D eigenvalue weighted by Crippen LogP contribution is 2.23. The van der Waals surface area contributed by atoms with Gasteiger partial charge in [-0.25, -0.2) is 0 Å². The van der Waals surface area contributed by atoms with Crippen LogP contribution in [0, 0.1) is 6.92 Å². The molecule has 1 aromatic rings. The zero-order chi connectivity index (χ0) is 12.1. The van der Waals surface area contributed by atoms with Crippen molar-refractivity contribution in [2.45, 2.75) is 52.4 Å². The van der Waals surface area contributed by atoms with Gasteiger partial charge in [0.2, 0.25) is 0 Å². The van der Waals surface area contributed by atoms with E-state index in [-0.39, 0.29) is 18.2 Å². The second-order valence-corrected chi connectivity index (χ2v) is 4.55. The van der Waals surface area contributed by atoms with Gasteiger partial charge in [-0.3, -0.25) is 0 Å². The maximum Gasteiger partial charge on any atom is 0.0976 e. The molecule has 0 spiro atoms. The fraction of sp³-hybridized carbons (Fsp3) is 0.571. The first-order chi connectivity index (χ1) is 7.54. The van der Waals surface area contributed by atoms with Crippen molar-refractivity contribution in [1.29, 1.82) is 0 Å². The molecule has 0 fully saturated rings. The van der Waals surface area contributed by atoms with Crippen LogP contribution in [0.4, 0.5) is 0 Å². The molecule has 3 atom stereocenters. The number of rotatable bonds is 5. The van der Waals surface area contributed by atoms with E-state index in [1.165, 1.54) is 11.1 Å². The van der Waals surface area contributed by atoms with Gasteiger partial charge in [-0.1, -0.05) is 36.8 Å². The fourth-order valence-electron chi connectivity index (χ4n) is 1.70. The molecule has 2 nitrogen and oxygen atoms in total. The zero-order valence-corrected chi connectivity index (χ0v) is 10.7. The molecule has 0 aliphatic heterocycles. The molecule has 0 aliphatic rings. The minimum atomic E-state index is -0.00477. The number of nitrogens with two attached hydrogens (primary N) is 1. The van der Waals surface area contributed by atoms with Gasteiger partial charge in [0.1, 0.15) is 0 Å². The summed E-state index contributed by atoms with van der Waals surface area (Å²) < 4.78 is 5.98. The van der Waals surface area contributed by atoms with E-state index in [0.29, 0.717) is 0 Å². The van der Waals surface area contributed by atoms with Crippen LogP contribution in [-0.2, 0) is 4.74 Å². The lowest BCUT2D eigenvalue weighted by Gasteiger charge is -2.25. The summed E-state index contributed by atoms with van der Waals surface area (Å²) >= 11 is 0. The van der Waals surface area contributed by atoms with Crippen molar-refractivity contribution in [3.05, 3.63) is 35.4 Å². The van der Waals surface area contributed by atoms with Crippen LogP contribution in [-0.4, -0.2) is 12.1 Å². The lowest BCUT2D eigenvalue weighted by atomic mass is 10.0. The molecule has 0 aliphatic carbocycles. The molecule has 0 radical (unpaired) electrons. The van der Waals surface area contributed by atoms with Crippen LogP contribution in [0.5, 0.6) is 0 Å². The van der Waals surface area contributed by atoms with Gasteiger partial charge in [-0.2, -0.15) is 0 Å². The van der Waals surface area contributed by atoms with Gasteiger partial charge in [0, 0.05) is 6.04 Å². The first kappa shape index (κ1) is 13.2. The Morgan fingerprint density at radius 1 is 1.31 bits per heavy atom. The van der Waals surface area contributed by atoms with Crippen LogP contribution in [0.1, 0.15) is 44.4 Å². The molecule has 3 unspecified atom stereocenters. The summed E-state index contributed by atoms with van der Waals surface area (Å²) in [5.74, 6) is 0. The summed E-state index contributed by atoms with van der Waals surface area (Å²) in [7, 11) is 0. The minimum absolute atomic E-state index is 0.00477. The van der Waals surface area contributed by atoms with Crippen molar-refractivity contribution in [1.82, 2.24) is 0 Å². The Kier molecular flexibility index (Phi) is 4.97. The van der Waals surface area contributed by atoms with Gasteiger partial charge in [-0.15, -0.1) is 0 Å². The lowest BCUT2D eigenvalue weighted by Crippen LogP contribution is -2.29. The molecular formula is C14H23NO.